The molecule has 2 saturated heterocycles. The molecule has 258 valence electrons. The highest BCUT2D eigenvalue weighted by atomic mass is 16.7. The van der Waals surface area contributed by atoms with Crippen LogP contribution in [0.5, 0.6) is 34.5 Å². The van der Waals surface area contributed by atoms with Crippen molar-refractivity contribution in [2.24, 2.45) is 5.92 Å². The van der Waals surface area contributed by atoms with Crippen LogP contribution in [0.25, 0.3) is 0 Å². The van der Waals surface area contributed by atoms with Gasteiger partial charge in [-0.3, -0.25) is 4.79 Å². The van der Waals surface area contributed by atoms with Gasteiger partial charge in [0.25, 0.3) is 0 Å². The van der Waals surface area contributed by atoms with E-state index >= 15 is 0 Å². The van der Waals surface area contributed by atoms with E-state index in [-0.39, 0.29) is 24.9 Å². The number of carboxylic acid groups (broad SMARTS) is 1. The number of aliphatic hydroxyl groups excluding tert-OH is 4. The monoisotopic (exact) mass is 671 g/mol. The van der Waals surface area contributed by atoms with Crippen molar-refractivity contribution in [1.29, 1.82) is 0 Å². The molecule has 3 aromatic carbocycles. The highest BCUT2D eigenvalue weighted by molar-refractivity contribution is 6.04. The molecule has 2 fully saturated rings. The molecule has 1 amide bonds. The third-order valence-corrected chi connectivity index (χ3v) is 8.25. The zero-order valence-corrected chi connectivity index (χ0v) is 26.5. The normalized spacial score (nSPS) is 25.1. The first kappa shape index (κ1) is 34.5. The first-order valence-electron chi connectivity index (χ1n) is 14.8. The number of hydrogen-bond acceptors (Lipinski definition) is 13. The van der Waals surface area contributed by atoms with Crippen molar-refractivity contribution >= 4 is 17.6 Å². The van der Waals surface area contributed by atoms with E-state index in [9.17, 15) is 35.1 Å². The van der Waals surface area contributed by atoms with Crippen molar-refractivity contribution in [2.75, 3.05) is 39.9 Å². The summed E-state index contributed by atoms with van der Waals surface area (Å²) in [7, 11) is 5.93. The summed E-state index contributed by atoms with van der Waals surface area (Å²) in [5.74, 6) is -0.396. The Kier molecular flexibility index (Phi) is 10.5. The highest BCUT2D eigenvalue weighted by Crippen LogP contribution is 2.49. The van der Waals surface area contributed by atoms with Crippen molar-refractivity contribution in [1.82, 2.24) is 0 Å². The van der Waals surface area contributed by atoms with Gasteiger partial charge in [0, 0.05) is 12.1 Å². The van der Waals surface area contributed by atoms with Crippen LogP contribution in [-0.2, 0) is 20.9 Å². The molecule has 0 spiro atoms. The smallest absolute Gasteiger partial charge is 0.335 e. The lowest BCUT2D eigenvalue weighted by Crippen LogP contribution is -2.61. The van der Waals surface area contributed by atoms with Gasteiger partial charge < -0.3 is 63.6 Å². The fraction of sp³-hybridized carbons (Fsp3) is 0.394. The van der Waals surface area contributed by atoms with Gasteiger partial charge in [-0.1, -0.05) is 18.2 Å². The van der Waals surface area contributed by atoms with Crippen LogP contribution >= 0.6 is 0 Å². The van der Waals surface area contributed by atoms with Gasteiger partial charge in [-0.25, -0.2) is 4.79 Å². The van der Waals surface area contributed by atoms with Gasteiger partial charge in [-0.05, 0) is 35.4 Å². The van der Waals surface area contributed by atoms with Gasteiger partial charge in [0.2, 0.25) is 17.9 Å². The molecular weight excluding hydrogens is 634 g/mol. The van der Waals surface area contributed by atoms with E-state index in [1.165, 1.54) is 40.6 Å². The van der Waals surface area contributed by atoms with E-state index in [1.54, 1.807) is 47.4 Å². The quantitative estimate of drug-likeness (QED) is 0.163. The molecule has 2 aliphatic rings. The number of ether oxygens (including phenoxy) is 7. The maximum atomic E-state index is 13.2. The van der Waals surface area contributed by atoms with E-state index < -0.39 is 48.6 Å². The Balaban J connectivity index is 1.33. The lowest BCUT2D eigenvalue weighted by Gasteiger charge is -2.47. The van der Waals surface area contributed by atoms with Crippen molar-refractivity contribution in [3.05, 3.63) is 65.7 Å². The maximum Gasteiger partial charge on any atom is 0.335 e. The van der Waals surface area contributed by atoms with Gasteiger partial charge in [-0.2, -0.15) is 0 Å². The van der Waals surface area contributed by atoms with Crippen LogP contribution in [0.2, 0.25) is 0 Å². The van der Waals surface area contributed by atoms with Crippen molar-refractivity contribution < 1.29 is 68.3 Å². The molecule has 7 atom stereocenters. The van der Waals surface area contributed by atoms with Crippen LogP contribution in [0.3, 0.4) is 0 Å². The number of benzene rings is 3. The van der Waals surface area contributed by atoms with Crippen molar-refractivity contribution in [2.45, 2.75) is 43.4 Å². The summed E-state index contributed by atoms with van der Waals surface area (Å²) in [4.78, 5) is 26.1. The summed E-state index contributed by atoms with van der Waals surface area (Å²) in [6.07, 6.45) is -8.64. The number of rotatable bonds is 13. The summed E-state index contributed by atoms with van der Waals surface area (Å²) < 4.78 is 38.7. The Morgan fingerprint density at radius 1 is 0.812 bits per heavy atom. The summed E-state index contributed by atoms with van der Waals surface area (Å²) >= 11 is 0. The maximum absolute atomic E-state index is 13.2. The topological polar surface area (TPSA) is 203 Å². The van der Waals surface area contributed by atoms with Crippen LogP contribution in [0.4, 0.5) is 5.69 Å². The number of β-lactam (4-membered cyclic amide) rings is 1. The molecule has 0 radical (unpaired) electrons. The average molecular weight is 672 g/mol. The van der Waals surface area contributed by atoms with E-state index in [1.807, 2.05) is 0 Å². The number of amides is 1. The standard InChI is InChI=1S/C33H37NO14/c1-42-21-10-7-17(25-20(14-35)31(39)34(25)18-12-23(43-2)29(45-4)24(13-18)44-3)11-22(21)46-15-16-5-8-19(9-6-16)47-33-28(38)26(36)27(37)30(48-33)32(40)41/h5-13,20,25-28,30,33,35-38H,14-15H2,1-4H3,(H,40,41)/t20-,25-,26-,27-,28+,30-,33+/m0/s1. The molecule has 0 aromatic heterocycles. The molecule has 0 bridgehead atoms. The Hall–Kier alpha value is -4.80. The molecule has 5 N–H and O–H groups in total. The van der Waals surface area contributed by atoms with Gasteiger partial charge in [0.05, 0.1) is 52.7 Å². The number of carbonyl (C=O) groups excluding carboxylic acids is 1. The second-order valence-electron chi connectivity index (χ2n) is 11.0. The van der Waals surface area contributed by atoms with Gasteiger partial charge in [0.1, 0.15) is 30.7 Å². The molecule has 2 aliphatic heterocycles. The minimum absolute atomic E-state index is 0.0816. The fourth-order valence-electron chi connectivity index (χ4n) is 5.70. The second kappa shape index (κ2) is 14.5. The molecule has 48 heavy (non-hydrogen) atoms. The first-order chi connectivity index (χ1) is 23.1. The Bertz CT molecular complexity index is 1590. The molecule has 0 aliphatic carbocycles. The summed E-state index contributed by atoms with van der Waals surface area (Å²) in [5.41, 5.74) is 1.87. The number of aliphatic carboxylic acids is 1. The zero-order chi connectivity index (χ0) is 34.7. The third kappa shape index (κ3) is 6.50. The Morgan fingerprint density at radius 2 is 1.46 bits per heavy atom. The number of aliphatic hydroxyl groups is 4. The first-order valence-corrected chi connectivity index (χ1v) is 14.8. The van der Waals surface area contributed by atoms with Gasteiger partial charge >= 0.3 is 5.97 Å². The summed E-state index contributed by atoms with van der Waals surface area (Å²) in [6, 6.07) is 14.4. The number of hydrogen-bond donors (Lipinski definition) is 5. The second-order valence-corrected chi connectivity index (χ2v) is 11.0. The minimum Gasteiger partial charge on any atom is -0.493 e. The molecule has 0 saturated carbocycles. The van der Waals surface area contributed by atoms with Crippen molar-refractivity contribution in [3.63, 3.8) is 0 Å². The number of nitrogens with zero attached hydrogens (tertiary/aromatic N) is 1. The molecule has 15 nitrogen and oxygen atoms in total. The molecule has 0 unspecified atom stereocenters. The van der Waals surface area contributed by atoms with Crippen LogP contribution in [0.15, 0.2) is 54.6 Å². The highest BCUT2D eigenvalue weighted by Gasteiger charge is 2.50. The number of methoxy groups -OCH3 is 4. The van der Waals surface area contributed by atoms with Gasteiger partial charge in [-0.15, -0.1) is 0 Å². The zero-order valence-electron chi connectivity index (χ0n) is 26.5. The minimum atomic E-state index is -1.83. The van der Waals surface area contributed by atoms with Crippen LogP contribution < -0.4 is 33.3 Å². The van der Waals surface area contributed by atoms with E-state index in [0.717, 1.165) is 0 Å². The third-order valence-electron chi connectivity index (χ3n) is 8.25. The van der Waals surface area contributed by atoms with Crippen LogP contribution in [-0.4, -0.2) is 103 Å². The molecule has 2 heterocycles. The van der Waals surface area contributed by atoms with Crippen LogP contribution in [0, 0.1) is 5.92 Å². The van der Waals surface area contributed by atoms with E-state index in [2.05, 4.69) is 0 Å². The van der Waals surface area contributed by atoms with Crippen molar-refractivity contribution in [3.8, 4) is 34.5 Å². The fourth-order valence-corrected chi connectivity index (χ4v) is 5.70. The number of carbonyl (C=O) groups is 2. The molecule has 15 heteroatoms. The van der Waals surface area contributed by atoms with E-state index in [4.69, 9.17) is 33.2 Å². The summed E-state index contributed by atoms with van der Waals surface area (Å²) in [6.45, 7) is -0.293. The molecule has 3 aromatic rings. The molecular formula is C33H37NO14. The average Bonchev–Trinajstić information content (AvgIpc) is 3.09. The van der Waals surface area contributed by atoms with Gasteiger partial charge in [0.15, 0.2) is 29.1 Å². The molecule has 5 rings (SSSR count). The Morgan fingerprint density at radius 3 is 2.02 bits per heavy atom. The SMILES string of the molecule is COc1ccc([C@H]2[C@H](CO)C(=O)N2c2cc(OC)c(OC)c(OC)c2)cc1OCc1ccc(O[C@@H]2O[C@H](C(=O)O)[C@@H](O)[C@H](O)[C@H]2O)cc1. The van der Waals surface area contributed by atoms with E-state index in [0.29, 0.717) is 45.6 Å². The number of carboxylic acids is 1. The lowest BCUT2D eigenvalue weighted by atomic mass is 9.82. The summed E-state index contributed by atoms with van der Waals surface area (Å²) in [5, 5.41) is 49.5. The predicted molar refractivity (Wildman–Crippen MR) is 166 cm³/mol. The van der Waals surface area contributed by atoms with Crippen LogP contribution in [0.1, 0.15) is 17.2 Å². The Labute approximate surface area is 275 Å². The predicted octanol–water partition coefficient (Wildman–Crippen LogP) is 1.27. The lowest BCUT2D eigenvalue weighted by molar-refractivity contribution is -0.271. The largest absolute Gasteiger partial charge is 0.493 e. The number of anilines is 1.